The Balaban J connectivity index is 2.40. The zero-order valence-corrected chi connectivity index (χ0v) is 11.6. The fraction of sp³-hybridized carbons (Fsp3) is 0.462. The number of alkyl halides is 4. The van der Waals surface area contributed by atoms with Crippen LogP contribution < -0.4 is 4.74 Å². The summed E-state index contributed by atoms with van der Waals surface area (Å²) in [5, 5.41) is 0. The molecule has 20 heavy (non-hydrogen) atoms. The summed E-state index contributed by atoms with van der Waals surface area (Å²) in [6, 6.07) is 5.13. The van der Waals surface area contributed by atoms with Gasteiger partial charge in [0.25, 0.3) is 0 Å². The van der Waals surface area contributed by atoms with E-state index in [1.807, 2.05) is 0 Å². The van der Waals surface area contributed by atoms with Crippen LogP contribution in [0, 0.1) is 0 Å². The highest BCUT2D eigenvalue weighted by Crippen LogP contribution is 2.26. The summed E-state index contributed by atoms with van der Waals surface area (Å²) in [7, 11) is 1.53. The van der Waals surface area contributed by atoms with Gasteiger partial charge in [-0.1, -0.05) is 0 Å². The summed E-state index contributed by atoms with van der Waals surface area (Å²) in [4.78, 5) is 4.34. The molecule has 2 aromatic rings. The van der Waals surface area contributed by atoms with Crippen molar-refractivity contribution in [3.05, 3.63) is 24.0 Å². The highest BCUT2D eigenvalue weighted by atomic mass is 35.5. The van der Waals surface area contributed by atoms with Gasteiger partial charge in [-0.2, -0.15) is 13.2 Å². The highest BCUT2D eigenvalue weighted by Gasteiger charge is 2.27. The molecule has 110 valence electrons. The predicted octanol–water partition coefficient (Wildman–Crippen LogP) is 3.78. The monoisotopic (exact) mass is 306 g/mol. The van der Waals surface area contributed by atoms with Crippen LogP contribution in [0.25, 0.3) is 11.0 Å². The molecule has 0 radical (unpaired) electrons. The van der Waals surface area contributed by atoms with Crippen molar-refractivity contribution in [2.45, 2.75) is 25.6 Å². The number of ether oxygens (including phenoxy) is 1. The molecule has 0 aliphatic heterocycles. The third-order valence-electron chi connectivity index (χ3n) is 2.97. The lowest BCUT2D eigenvalue weighted by Gasteiger charge is -2.10. The summed E-state index contributed by atoms with van der Waals surface area (Å²) >= 11 is 5.68. The number of imidazole rings is 1. The van der Waals surface area contributed by atoms with Crippen LogP contribution in [0.2, 0.25) is 0 Å². The van der Waals surface area contributed by atoms with E-state index in [1.54, 1.807) is 22.8 Å². The van der Waals surface area contributed by atoms with Gasteiger partial charge >= 0.3 is 6.18 Å². The van der Waals surface area contributed by atoms with Gasteiger partial charge in [-0.25, -0.2) is 4.98 Å². The number of aryl methyl sites for hydroxylation is 2. The van der Waals surface area contributed by atoms with E-state index >= 15 is 0 Å². The SMILES string of the molecule is COc1ccc2c(c1)nc(CCCl)n2CCC(F)(F)F. The normalized spacial score (nSPS) is 12.1. The maximum absolute atomic E-state index is 12.4. The van der Waals surface area contributed by atoms with Crippen LogP contribution in [0.4, 0.5) is 13.2 Å². The molecule has 0 unspecified atom stereocenters. The summed E-state index contributed by atoms with van der Waals surface area (Å²) < 4.78 is 43.9. The largest absolute Gasteiger partial charge is 0.497 e. The standard InChI is InChI=1S/C13H14ClF3N2O/c1-20-9-2-3-11-10(8-9)18-12(4-6-14)19(11)7-5-13(15,16)17/h2-3,8H,4-7H2,1H3. The maximum atomic E-state index is 12.4. The Labute approximate surface area is 119 Å². The molecule has 1 aromatic heterocycles. The molecule has 0 atom stereocenters. The van der Waals surface area contributed by atoms with Crippen molar-refractivity contribution in [2.24, 2.45) is 0 Å². The molecule has 0 amide bonds. The minimum Gasteiger partial charge on any atom is -0.497 e. The third-order valence-corrected chi connectivity index (χ3v) is 3.16. The number of hydrogen-bond donors (Lipinski definition) is 0. The molecule has 0 saturated carbocycles. The Bertz CT molecular complexity index is 595. The van der Waals surface area contributed by atoms with Gasteiger partial charge < -0.3 is 9.30 Å². The molecule has 0 spiro atoms. The van der Waals surface area contributed by atoms with E-state index in [0.29, 0.717) is 34.9 Å². The van der Waals surface area contributed by atoms with Crippen LogP contribution in [-0.4, -0.2) is 28.7 Å². The van der Waals surface area contributed by atoms with Crippen molar-refractivity contribution in [1.29, 1.82) is 0 Å². The second kappa shape index (κ2) is 5.91. The van der Waals surface area contributed by atoms with E-state index in [-0.39, 0.29) is 6.54 Å². The van der Waals surface area contributed by atoms with Crippen molar-refractivity contribution in [1.82, 2.24) is 9.55 Å². The number of halogens is 4. The first kappa shape index (κ1) is 15.0. The first-order chi connectivity index (χ1) is 9.44. The Morgan fingerprint density at radius 2 is 2.10 bits per heavy atom. The van der Waals surface area contributed by atoms with Gasteiger partial charge in [0.2, 0.25) is 0 Å². The molecule has 0 aliphatic rings. The summed E-state index contributed by atoms with van der Waals surface area (Å²) in [5.41, 5.74) is 1.28. The first-order valence-corrected chi connectivity index (χ1v) is 6.64. The Morgan fingerprint density at radius 1 is 1.35 bits per heavy atom. The van der Waals surface area contributed by atoms with Crippen molar-refractivity contribution >= 4 is 22.6 Å². The van der Waals surface area contributed by atoms with Crippen molar-refractivity contribution in [2.75, 3.05) is 13.0 Å². The first-order valence-electron chi connectivity index (χ1n) is 6.10. The summed E-state index contributed by atoms with van der Waals surface area (Å²) in [5.74, 6) is 1.50. The molecule has 2 rings (SSSR count). The number of rotatable bonds is 5. The maximum Gasteiger partial charge on any atom is 0.390 e. The molecule has 7 heteroatoms. The summed E-state index contributed by atoms with van der Waals surface area (Å²) in [6.45, 7) is -0.154. The Morgan fingerprint density at radius 3 is 2.70 bits per heavy atom. The predicted molar refractivity (Wildman–Crippen MR) is 71.4 cm³/mol. The molecule has 1 heterocycles. The Kier molecular flexibility index (Phi) is 4.42. The van der Waals surface area contributed by atoms with Crippen LogP contribution in [0.15, 0.2) is 18.2 Å². The topological polar surface area (TPSA) is 27.1 Å². The van der Waals surface area contributed by atoms with E-state index in [0.717, 1.165) is 0 Å². The van der Waals surface area contributed by atoms with Gasteiger partial charge in [0, 0.05) is 24.9 Å². The number of nitrogens with zero attached hydrogens (tertiary/aromatic N) is 2. The van der Waals surface area contributed by atoms with Crippen molar-refractivity contribution < 1.29 is 17.9 Å². The zero-order chi connectivity index (χ0) is 14.8. The minimum atomic E-state index is -4.19. The number of hydrogen-bond acceptors (Lipinski definition) is 2. The van der Waals surface area contributed by atoms with E-state index < -0.39 is 12.6 Å². The number of aromatic nitrogens is 2. The molecule has 0 saturated heterocycles. The molecule has 0 fully saturated rings. The minimum absolute atomic E-state index is 0.154. The smallest absolute Gasteiger partial charge is 0.390 e. The van der Waals surface area contributed by atoms with Gasteiger partial charge in [0.1, 0.15) is 11.6 Å². The molecule has 0 N–H and O–H groups in total. The number of benzene rings is 1. The van der Waals surface area contributed by atoms with Crippen LogP contribution >= 0.6 is 11.6 Å². The molecule has 1 aromatic carbocycles. The Hall–Kier alpha value is -1.43. The number of fused-ring (bicyclic) bond motifs is 1. The second-order valence-corrected chi connectivity index (χ2v) is 4.72. The van der Waals surface area contributed by atoms with Gasteiger partial charge in [-0.15, -0.1) is 11.6 Å². The van der Waals surface area contributed by atoms with Gasteiger partial charge in [-0.3, -0.25) is 0 Å². The van der Waals surface area contributed by atoms with E-state index in [9.17, 15) is 13.2 Å². The molecular weight excluding hydrogens is 293 g/mol. The molecular formula is C13H14ClF3N2O. The van der Waals surface area contributed by atoms with E-state index in [4.69, 9.17) is 16.3 Å². The van der Waals surface area contributed by atoms with E-state index in [2.05, 4.69) is 4.98 Å². The van der Waals surface area contributed by atoms with Crippen LogP contribution in [0.5, 0.6) is 5.75 Å². The average molecular weight is 307 g/mol. The molecule has 0 bridgehead atoms. The van der Waals surface area contributed by atoms with Crippen molar-refractivity contribution in [3.63, 3.8) is 0 Å². The summed E-state index contributed by atoms with van der Waals surface area (Å²) in [6.07, 6.45) is -4.66. The lowest BCUT2D eigenvalue weighted by molar-refractivity contribution is -0.136. The second-order valence-electron chi connectivity index (χ2n) is 4.34. The number of methoxy groups -OCH3 is 1. The average Bonchev–Trinajstić information content (AvgIpc) is 2.72. The quantitative estimate of drug-likeness (QED) is 0.786. The highest BCUT2D eigenvalue weighted by molar-refractivity contribution is 6.17. The van der Waals surface area contributed by atoms with Crippen LogP contribution in [0.3, 0.4) is 0 Å². The molecule has 3 nitrogen and oxygen atoms in total. The fourth-order valence-corrected chi connectivity index (χ4v) is 2.22. The van der Waals surface area contributed by atoms with Gasteiger partial charge in [0.05, 0.1) is 24.6 Å². The third kappa shape index (κ3) is 3.36. The molecule has 0 aliphatic carbocycles. The zero-order valence-electron chi connectivity index (χ0n) is 10.9. The lowest BCUT2D eigenvalue weighted by atomic mass is 10.3. The van der Waals surface area contributed by atoms with Crippen molar-refractivity contribution in [3.8, 4) is 5.75 Å². The van der Waals surface area contributed by atoms with Crippen LogP contribution in [0.1, 0.15) is 12.2 Å². The fourth-order valence-electron chi connectivity index (χ4n) is 2.05. The van der Waals surface area contributed by atoms with Crippen LogP contribution in [-0.2, 0) is 13.0 Å². The van der Waals surface area contributed by atoms with E-state index in [1.165, 1.54) is 7.11 Å². The van der Waals surface area contributed by atoms with Gasteiger partial charge in [-0.05, 0) is 12.1 Å². The van der Waals surface area contributed by atoms with Gasteiger partial charge in [0.15, 0.2) is 0 Å². The lowest BCUT2D eigenvalue weighted by Crippen LogP contribution is -2.14.